The van der Waals surface area contributed by atoms with Gasteiger partial charge in [-0.3, -0.25) is 4.79 Å². The van der Waals surface area contributed by atoms with Gasteiger partial charge in [-0.05, 0) is 24.1 Å². The number of carbonyl (C=O) groups excluding carboxylic acids is 1. The lowest BCUT2D eigenvalue weighted by molar-refractivity contribution is -0.122. The fourth-order valence-corrected chi connectivity index (χ4v) is 2.48. The van der Waals surface area contributed by atoms with E-state index >= 15 is 0 Å². The Morgan fingerprint density at radius 2 is 1.62 bits per heavy atom. The Kier molecular flexibility index (Phi) is 4.76. The molecule has 0 radical (unpaired) electrons. The van der Waals surface area contributed by atoms with Crippen molar-refractivity contribution in [2.24, 2.45) is 11.7 Å². The number of hydrogen-bond acceptors (Lipinski definition) is 2. The Hall–Kier alpha value is -2.13. The number of para-hydroxylation sites is 1. The molecule has 21 heavy (non-hydrogen) atoms. The SMILES string of the molecule is Cc1ccccc1N(C)C(=O)C(C)C(N)c1ccccc1. The quantitative estimate of drug-likeness (QED) is 0.935. The zero-order chi connectivity index (χ0) is 15.4. The molecule has 110 valence electrons. The fraction of sp³-hybridized carbons (Fsp3) is 0.278. The summed E-state index contributed by atoms with van der Waals surface area (Å²) in [6.07, 6.45) is 0. The third-order valence-corrected chi connectivity index (χ3v) is 3.92. The maximum Gasteiger partial charge on any atom is 0.231 e. The molecule has 0 saturated carbocycles. The molecule has 2 atom stereocenters. The van der Waals surface area contributed by atoms with Gasteiger partial charge >= 0.3 is 0 Å². The molecule has 2 unspecified atom stereocenters. The van der Waals surface area contributed by atoms with Crippen molar-refractivity contribution in [2.75, 3.05) is 11.9 Å². The van der Waals surface area contributed by atoms with Crippen LogP contribution in [-0.4, -0.2) is 13.0 Å². The van der Waals surface area contributed by atoms with Crippen molar-refractivity contribution < 1.29 is 4.79 Å². The van der Waals surface area contributed by atoms with Crippen LogP contribution in [0.4, 0.5) is 5.69 Å². The number of hydrogen-bond donors (Lipinski definition) is 1. The summed E-state index contributed by atoms with van der Waals surface area (Å²) in [5, 5.41) is 0. The molecule has 0 fully saturated rings. The van der Waals surface area contributed by atoms with Gasteiger partial charge in [-0.25, -0.2) is 0 Å². The molecule has 0 aromatic heterocycles. The van der Waals surface area contributed by atoms with E-state index in [0.29, 0.717) is 0 Å². The van der Waals surface area contributed by atoms with Crippen molar-refractivity contribution in [3.8, 4) is 0 Å². The first-order chi connectivity index (χ1) is 10.0. The van der Waals surface area contributed by atoms with E-state index in [1.54, 1.807) is 11.9 Å². The van der Waals surface area contributed by atoms with E-state index in [1.807, 2.05) is 68.4 Å². The predicted molar refractivity (Wildman–Crippen MR) is 87.1 cm³/mol. The number of amides is 1. The van der Waals surface area contributed by atoms with Crippen LogP contribution in [0.25, 0.3) is 0 Å². The minimum Gasteiger partial charge on any atom is -0.323 e. The van der Waals surface area contributed by atoms with Crippen LogP contribution in [0.15, 0.2) is 54.6 Å². The highest BCUT2D eigenvalue weighted by Crippen LogP contribution is 2.25. The third kappa shape index (κ3) is 3.31. The molecular weight excluding hydrogens is 260 g/mol. The number of anilines is 1. The molecule has 1 amide bonds. The number of nitrogens with two attached hydrogens (primary N) is 1. The van der Waals surface area contributed by atoms with Crippen LogP contribution < -0.4 is 10.6 Å². The molecule has 3 nitrogen and oxygen atoms in total. The van der Waals surface area contributed by atoms with E-state index < -0.39 is 0 Å². The van der Waals surface area contributed by atoms with Gasteiger partial charge in [0.25, 0.3) is 0 Å². The van der Waals surface area contributed by atoms with Gasteiger partial charge in [0.2, 0.25) is 5.91 Å². The second-order valence-electron chi connectivity index (χ2n) is 5.41. The summed E-state index contributed by atoms with van der Waals surface area (Å²) >= 11 is 0. The minimum absolute atomic E-state index is 0.0284. The number of carbonyl (C=O) groups is 1. The van der Waals surface area contributed by atoms with Crippen molar-refractivity contribution in [2.45, 2.75) is 19.9 Å². The van der Waals surface area contributed by atoms with Crippen molar-refractivity contribution in [3.05, 3.63) is 65.7 Å². The largest absolute Gasteiger partial charge is 0.323 e. The molecule has 2 aromatic rings. The summed E-state index contributed by atoms with van der Waals surface area (Å²) in [6, 6.07) is 17.3. The third-order valence-electron chi connectivity index (χ3n) is 3.92. The first-order valence-corrected chi connectivity index (χ1v) is 7.16. The number of benzene rings is 2. The van der Waals surface area contributed by atoms with Gasteiger partial charge in [0.15, 0.2) is 0 Å². The Labute approximate surface area is 126 Å². The second kappa shape index (κ2) is 6.55. The average Bonchev–Trinajstić information content (AvgIpc) is 2.53. The molecule has 0 saturated heterocycles. The van der Waals surface area contributed by atoms with Gasteiger partial charge in [-0.2, -0.15) is 0 Å². The van der Waals surface area contributed by atoms with Crippen molar-refractivity contribution >= 4 is 11.6 Å². The van der Waals surface area contributed by atoms with Crippen LogP contribution in [0, 0.1) is 12.8 Å². The van der Waals surface area contributed by atoms with Gasteiger partial charge in [-0.1, -0.05) is 55.5 Å². The molecule has 2 aromatic carbocycles. The molecule has 3 heteroatoms. The summed E-state index contributed by atoms with van der Waals surface area (Å²) < 4.78 is 0. The monoisotopic (exact) mass is 282 g/mol. The second-order valence-corrected chi connectivity index (χ2v) is 5.41. The number of aryl methyl sites for hydroxylation is 1. The number of rotatable bonds is 4. The molecular formula is C18H22N2O. The van der Waals surface area contributed by atoms with Crippen molar-refractivity contribution in [1.82, 2.24) is 0 Å². The molecule has 0 aliphatic heterocycles. The zero-order valence-corrected chi connectivity index (χ0v) is 12.8. The van der Waals surface area contributed by atoms with Gasteiger partial charge in [0.05, 0.1) is 5.92 Å². The fourth-order valence-electron chi connectivity index (χ4n) is 2.48. The summed E-state index contributed by atoms with van der Waals surface area (Å²) in [4.78, 5) is 14.4. The van der Waals surface area contributed by atoms with Gasteiger partial charge < -0.3 is 10.6 Å². The molecule has 0 heterocycles. The van der Waals surface area contributed by atoms with Gasteiger partial charge in [0.1, 0.15) is 0 Å². The molecule has 0 aliphatic carbocycles. The Bertz CT molecular complexity index is 610. The van der Waals surface area contributed by atoms with E-state index in [9.17, 15) is 4.79 Å². The van der Waals surface area contributed by atoms with Gasteiger partial charge in [0, 0.05) is 18.8 Å². The molecule has 2 rings (SSSR count). The topological polar surface area (TPSA) is 46.3 Å². The molecule has 0 spiro atoms. The van der Waals surface area contributed by atoms with Crippen LogP contribution in [0.5, 0.6) is 0 Å². The van der Waals surface area contributed by atoms with Crippen molar-refractivity contribution in [1.29, 1.82) is 0 Å². The van der Waals surface area contributed by atoms with Crippen LogP contribution >= 0.6 is 0 Å². The van der Waals surface area contributed by atoms with E-state index in [-0.39, 0.29) is 17.9 Å². The van der Waals surface area contributed by atoms with Crippen LogP contribution in [0.3, 0.4) is 0 Å². The smallest absolute Gasteiger partial charge is 0.231 e. The number of nitrogens with zero attached hydrogens (tertiary/aromatic N) is 1. The standard InChI is InChI=1S/C18H22N2O/c1-13-9-7-8-12-16(13)20(3)18(21)14(2)17(19)15-10-5-4-6-11-15/h4-12,14,17H,19H2,1-3H3. The normalized spacial score (nSPS) is 13.5. The minimum atomic E-state index is -0.301. The van der Waals surface area contributed by atoms with E-state index in [0.717, 1.165) is 16.8 Å². The summed E-state index contributed by atoms with van der Waals surface area (Å²) in [5.74, 6) is -0.252. The van der Waals surface area contributed by atoms with Crippen LogP contribution in [-0.2, 0) is 4.79 Å². The van der Waals surface area contributed by atoms with E-state index in [2.05, 4.69) is 0 Å². The Morgan fingerprint density at radius 1 is 1.05 bits per heavy atom. The zero-order valence-electron chi connectivity index (χ0n) is 12.8. The predicted octanol–water partition coefficient (Wildman–Crippen LogP) is 3.29. The van der Waals surface area contributed by atoms with E-state index in [4.69, 9.17) is 5.73 Å². The first kappa shape index (κ1) is 15.3. The molecule has 0 aliphatic rings. The van der Waals surface area contributed by atoms with Gasteiger partial charge in [-0.15, -0.1) is 0 Å². The lowest BCUT2D eigenvalue weighted by Gasteiger charge is -2.26. The highest BCUT2D eigenvalue weighted by atomic mass is 16.2. The maximum atomic E-state index is 12.7. The maximum absolute atomic E-state index is 12.7. The summed E-state index contributed by atoms with van der Waals surface area (Å²) in [7, 11) is 1.80. The highest BCUT2D eigenvalue weighted by molar-refractivity contribution is 5.95. The first-order valence-electron chi connectivity index (χ1n) is 7.16. The lowest BCUT2D eigenvalue weighted by atomic mass is 9.94. The Balaban J connectivity index is 2.18. The van der Waals surface area contributed by atoms with Crippen molar-refractivity contribution in [3.63, 3.8) is 0 Å². The van der Waals surface area contributed by atoms with E-state index in [1.165, 1.54) is 0 Å². The molecule has 0 bridgehead atoms. The summed E-state index contributed by atoms with van der Waals surface area (Å²) in [6.45, 7) is 3.88. The van der Waals surface area contributed by atoms with Crippen LogP contribution in [0.2, 0.25) is 0 Å². The Morgan fingerprint density at radius 3 is 2.24 bits per heavy atom. The highest BCUT2D eigenvalue weighted by Gasteiger charge is 2.26. The van der Waals surface area contributed by atoms with Crippen LogP contribution in [0.1, 0.15) is 24.1 Å². The summed E-state index contributed by atoms with van der Waals surface area (Å²) in [5.41, 5.74) is 9.23. The average molecular weight is 282 g/mol. The molecule has 2 N–H and O–H groups in total. The lowest BCUT2D eigenvalue weighted by Crippen LogP contribution is -2.37.